The highest BCUT2D eigenvalue weighted by Gasteiger charge is 2.21. The van der Waals surface area contributed by atoms with Crippen LogP contribution in [-0.4, -0.2) is 29.6 Å². The number of benzene rings is 2. The number of alkyl carbamates (subject to hydrolysis) is 1. The maximum Gasteiger partial charge on any atom is 0.407 e. The van der Waals surface area contributed by atoms with E-state index in [1.807, 2.05) is 60.7 Å². The Kier molecular flexibility index (Phi) is 6.32. The molecule has 2 atom stereocenters. The van der Waals surface area contributed by atoms with Crippen molar-refractivity contribution in [3.63, 3.8) is 0 Å². The highest BCUT2D eigenvalue weighted by molar-refractivity contribution is 5.69. The van der Waals surface area contributed by atoms with E-state index in [0.717, 1.165) is 11.1 Å². The number of carbonyl (C=O) groups is 2. The zero-order valence-electron chi connectivity index (χ0n) is 12.6. The molecule has 0 heterocycles. The standard InChI is InChI=1S/C18H19NO4/c20-12-17(21)16(11-14-7-3-1-4-8-14)19-18(22)23-13-15-9-5-2-6-10-15/h1-10,12,16-17,21H,11,13H2,(H,19,22). The number of ether oxygens (including phenoxy) is 1. The van der Waals surface area contributed by atoms with Crippen LogP contribution in [-0.2, 0) is 22.6 Å². The van der Waals surface area contributed by atoms with Crippen molar-refractivity contribution in [2.75, 3.05) is 0 Å². The lowest BCUT2D eigenvalue weighted by Gasteiger charge is -2.20. The molecule has 2 aromatic rings. The molecule has 0 spiro atoms. The van der Waals surface area contributed by atoms with Crippen LogP contribution in [0.15, 0.2) is 60.7 Å². The molecule has 0 aliphatic rings. The summed E-state index contributed by atoms with van der Waals surface area (Å²) in [6, 6.07) is 17.8. The Labute approximate surface area is 134 Å². The summed E-state index contributed by atoms with van der Waals surface area (Å²) < 4.78 is 5.11. The third kappa shape index (κ3) is 5.56. The second kappa shape index (κ2) is 8.70. The topological polar surface area (TPSA) is 75.6 Å². The molecule has 0 radical (unpaired) electrons. The predicted molar refractivity (Wildman–Crippen MR) is 85.8 cm³/mol. The van der Waals surface area contributed by atoms with Crippen LogP contribution in [0.4, 0.5) is 4.79 Å². The number of rotatable bonds is 7. The predicted octanol–water partition coefficient (Wildman–Crippen LogP) is 2.08. The first-order valence-electron chi connectivity index (χ1n) is 7.33. The third-order valence-electron chi connectivity index (χ3n) is 3.37. The van der Waals surface area contributed by atoms with Crippen molar-refractivity contribution in [2.45, 2.75) is 25.2 Å². The van der Waals surface area contributed by atoms with E-state index in [1.54, 1.807) is 0 Å². The van der Waals surface area contributed by atoms with E-state index >= 15 is 0 Å². The SMILES string of the molecule is O=CC(O)C(Cc1ccccc1)NC(=O)OCc1ccccc1. The minimum atomic E-state index is -1.29. The molecule has 0 saturated carbocycles. The van der Waals surface area contributed by atoms with Gasteiger partial charge in [0.15, 0.2) is 6.29 Å². The number of aliphatic hydroxyl groups is 1. The molecule has 0 bridgehead atoms. The number of aldehydes is 1. The summed E-state index contributed by atoms with van der Waals surface area (Å²) in [7, 11) is 0. The fourth-order valence-electron chi connectivity index (χ4n) is 2.14. The monoisotopic (exact) mass is 313 g/mol. The molecule has 0 aliphatic carbocycles. The molecule has 2 N–H and O–H groups in total. The highest BCUT2D eigenvalue weighted by Crippen LogP contribution is 2.07. The van der Waals surface area contributed by atoms with Crippen molar-refractivity contribution < 1.29 is 19.4 Å². The van der Waals surface area contributed by atoms with Gasteiger partial charge in [0.1, 0.15) is 12.7 Å². The molecule has 0 fully saturated rings. The molecule has 2 aromatic carbocycles. The van der Waals surface area contributed by atoms with Gasteiger partial charge in [-0.3, -0.25) is 0 Å². The molecule has 2 unspecified atom stereocenters. The Morgan fingerprint density at radius 1 is 1.04 bits per heavy atom. The van der Waals surface area contributed by atoms with Gasteiger partial charge in [-0.25, -0.2) is 4.79 Å². The van der Waals surface area contributed by atoms with E-state index in [0.29, 0.717) is 12.7 Å². The Hall–Kier alpha value is -2.66. The van der Waals surface area contributed by atoms with Crippen molar-refractivity contribution in [3.05, 3.63) is 71.8 Å². The Morgan fingerprint density at radius 3 is 2.17 bits per heavy atom. The molecular weight excluding hydrogens is 294 g/mol. The first kappa shape index (κ1) is 16.7. The van der Waals surface area contributed by atoms with E-state index in [4.69, 9.17) is 4.74 Å². The van der Waals surface area contributed by atoms with Crippen molar-refractivity contribution >= 4 is 12.4 Å². The lowest BCUT2D eigenvalue weighted by atomic mass is 10.0. The van der Waals surface area contributed by atoms with Gasteiger partial charge in [0.2, 0.25) is 0 Å². The molecule has 0 saturated heterocycles. The molecule has 0 aliphatic heterocycles. The summed E-state index contributed by atoms with van der Waals surface area (Å²) in [5.41, 5.74) is 1.76. The van der Waals surface area contributed by atoms with Gasteiger partial charge < -0.3 is 20.0 Å². The van der Waals surface area contributed by atoms with Crippen LogP contribution >= 0.6 is 0 Å². The normalized spacial score (nSPS) is 12.9. The molecular formula is C18H19NO4. The molecule has 120 valence electrons. The fraction of sp³-hybridized carbons (Fsp3) is 0.222. The third-order valence-corrected chi connectivity index (χ3v) is 3.37. The van der Waals surface area contributed by atoms with E-state index in [1.165, 1.54) is 0 Å². The second-order valence-electron chi connectivity index (χ2n) is 5.13. The number of hydrogen-bond acceptors (Lipinski definition) is 4. The zero-order valence-corrected chi connectivity index (χ0v) is 12.6. The maximum atomic E-state index is 11.9. The van der Waals surface area contributed by atoms with Gasteiger partial charge in [-0.1, -0.05) is 60.7 Å². The van der Waals surface area contributed by atoms with E-state index in [9.17, 15) is 14.7 Å². The van der Waals surface area contributed by atoms with E-state index in [-0.39, 0.29) is 6.61 Å². The summed E-state index contributed by atoms with van der Waals surface area (Å²) in [6.07, 6.45) is -1.22. The largest absolute Gasteiger partial charge is 0.445 e. The van der Waals surface area contributed by atoms with Crippen LogP contribution < -0.4 is 5.32 Å². The number of nitrogens with one attached hydrogen (secondary N) is 1. The number of carbonyl (C=O) groups excluding carboxylic acids is 2. The Balaban J connectivity index is 1.91. The van der Waals surface area contributed by atoms with Crippen LogP contribution in [0.1, 0.15) is 11.1 Å². The summed E-state index contributed by atoms with van der Waals surface area (Å²) in [4.78, 5) is 22.7. The van der Waals surface area contributed by atoms with Gasteiger partial charge in [-0.15, -0.1) is 0 Å². The average molecular weight is 313 g/mol. The van der Waals surface area contributed by atoms with Gasteiger partial charge >= 0.3 is 6.09 Å². The summed E-state index contributed by atoms with van der Waals surface area (Å²) >= 11 is 0. The van der Waals surface area contributed by atoms with Crippen LogP contribution in [0, 0.1) is 0 Å². The minimum absolute atomic E-state index is 0.127. The van der Waals surface area contributed by atoms with Gasteiger partial charge in [-0.05, 0) is 17.5 Å². The molecule has 5 nitrogen and oxygen atoms in total. The van der Waals surface area contributed by atoms with Crippen molar-refractivity contribution in [3.8, 4) is 0 Å². The van der Waals surface area contributed by atoms with Crippen LogP contribution in [0.25, 0.3) is 0 Å². The molecule has 2 rings (SSSR count). The Bertz CT molecular complexity index is 615. The molecule has 1 amide bonds. The first-order chi connectivity index (χ1) is 11.2. The van der Waals surface area contributed by atoms with Crippen molar-refractivity contribution in [2.24, 2.45) is 0 Å². The summed E-state index contributed by atoms with van der Waals surface area (Å²) in [5.74, 6) is 0. The summed E-state index contributed by atoms with van der Waals surface area (Å²) in [6.45, 7) is 0.127. The minimum Gasteiger partial charge on any atom is -0.445 e. The van der Waals surface area contributed by atoms with Crippen molar-refractivity contribution in [1.82, 2.24) is 5.32 Å². The molecule has 5 heteroatoms. The average Bonchev–Trinajstić information content (AvgIpc) is 2.60. The highest BCUT2D eigenvalue weighted by atomic mass is 16.5. The lowest BCUT2D eigenvalue weighted by molar-refractivity contribution is -0.116. The summed E-state index contributed by atoms with van der Waals surface area (Å²) in [5, 5.41) is 12.3. The number of amides is 1. The van der Waals surface area contributed by atoms with Gasteiger partial charge in [0.05, 0.1) is 6.04 Å². The smallest absolute Gasteiger partial charge is 0.407 e. The van der Waals surface area contributed by atoms with E-state index < -0.39 is 18.2 Å². The Morgan fingerprint density at radius 2 is 1.61 bits per heavy atom. The first-order valence-corrected chi connectivity index (χ1v) is 7.33. The quantitative estimate of drug-likeness (QED) is 0.768. The molecule has 0 aromatic heterocycles. The van der Waals surface area contributed by atoms with Gasteiger partial charge in [0, 0.05) is 0 Å². The maximum absolute atomic E-state index is 11.9. The van der Waals surface area contributed by atoms with Crippen LogP contribution in [0.3, 0.4) is 0 Å². The lowest BCUT2D eigenvalue weighted by Crippen LogP contribution is -2.45. The number of hydrogen-bond donors (Lipinski definition) is 2. The number of aliphatic hydroxyl groups excluding tert-OH is 1. The fourth-order valence-corrected chi connectivity index (χ4v) is 2.14. The second-order valence-corrected chi connectivity index (χ2v) is 5.13. The van der Waals surface area contributed by atoms with Gasteiger partial charge in [-0.2, -0.15) is 0 Å². The van der Waals surface area contributed by atoms with Gasteiger partial charge in [0.25, 0.3) is 0 Å². The molecule has 23 heavy (non-hydrogen) atoms. The van der Waals surface area contributed by atoms with Crippen LogP contribution in [0.2, 0.25) is 0 Å². The van der Waals surface area contributed by atoms with Crippen molar-refractivity contribution in [1.29, 1.82) is 0 Å². The zero-order chi connectivity index (χ0) is 16.5. The van der Waals surface area contributed by atoms with Crippen LogP contribution in [0.5, 0.6) is 0 Å². The van der Waals surface area contributed by atoms with E-state index in [2.05, 4.69) is 5.32 Å².